The van der Waals surface area contributed by atoms with Crippen molar-refractivity contribution in [2.24, 2.45) is 4.99 Å². The van der Waals surface area contributed by atoms with Gasteiger partial charge in [0.15, 0.2) is 0 Å². The van der Waals surface area contributed by atoms with Crippen molar-refractivity contribution in [1.29, 1.82) is 0 Å². The number of hydrogen-bond donors (Lipinski definition) is 0. The molecule has 1 rings (SSSR count). The van der Waals surface area contributed by atoms with E-state index in [9.17, 15) is 0 Å². The van der Waals surface area contributed by atoms with Crippen LogP contribution in [-0.4, -0.2) is 5.71 Å². The minimum Gasteiger partial charge on any atom is -0.262 e. The lowest BCUT2D eigenvalue weighted by atomic mass is 10.0. The Bertz CT molecular complexity index is 263. The normalized spacial score (nSPS) is 12.9. The number of rotatable bonds is 2. The third-order valence-electron chi connectivity index (χ3n) is 1.76. The minimum atomic E-state index is 1.04. The molecule has 0 aromatic carbocycles. The van der Waals surface area contributed by atoms with Crippen LogP contribution in [-0.2, 0) is 0 Å². The van der Waals surface area contributed by atoms with Gasteiger partial charge in [-0.1, -0.05) is 52.5 Å². The Morgan fingerprint density at radius 2 is 1.81 bits per heavy atom. The van der Waals surface area contributed by atoms with E-state index in [0.29, 0.717) is 0 Å². The van der Waals surface area contributed by atoms with Gasteiger partial charge in [0.25, 0.3) is 0 Å². The molecule has 0 atom stereocenters. The topological polar surface area (TPSA) is 12.4 Å². The van der Waals surface area contributed by atoms with E-state index in [0.717, 1.165) is 18.6 Å². The number of allylic oxidation sites excluding steroid dienone is 5. The Balaban J connectivity index is 0. The summed E-state index contributed by atoms with van der Waals surface area (Å²) in [6, 6.07) is 0. The predicted molar refractivity (Wildman–Crippen MR) is 77.1 cm³/mol. The van der Waals surface area contributed by atoms with Gasteiger partial charge < -0.3 is 0 Å². The van der Waals surface area contributed by atoms with E-state index in [2.05, 4.69) is 23.7 Å². The van der Waals surface area contributed by atoms with Crippen molar-refractivity contribution in [3.63, 3.8) is 0 Å². The molecule has 92 valence electrons. The summed E-state index contributed by atoms with van der Waals surface area (Å²) in [7, 11) is 0. The Hall–Kier alpha value is -1.11. The summed E-state index contributed by atoms with van der Waals surface area (Å²) in [5, 5.41) is 0. The van der Waals surface area contributed by atoms with Gasteiger partial charge in [0.1, 0.15) is 0 Å². The van der Waals surface area contributed by atoms with Gasteiger partial charge in [0, 0.05) is 11.4 Å². The lowest BCUT2D eigenvalue weighted by Crippen LogP contribution is -1.93. The summed E-state index contributed by atoms with van der Waals surface area (Å²) in [5.41, 5.74) is 3.45. The maximum atomic E-state index is 4.46. The molecule has 0 radical (unpaired) electrons. The molecule has 16 heavy (non-hydrogen) atoms. The van der Waals surface area contributed by atoms with E-state index >= 15 is 0 Å². The zero-order chi connectivity index (χ0) is 13.0. The van der Waals surface area contributed by atoms with Gasteiger partial charge in [0.2, 0.25) is 0 Å². The molecular weight excluding hydrogens is 194 g/mol. The van der Waals surface area contributed by atoms with E-state index in [4.69, 9.17) is 0 Å². The third kappa shape index (κ3) is 7.22. The smallest absolute Gasteiger partial charge is 0.0477 e. The van der Waals surface area contributed by atoms with Crippen LogP contribution in [0.15, 0.2) is 41.1 Å². The molecule has 0 fully saturated rings. The molecule has 0 heterocycles. The van der Waals surface area contributed by atoms with Crippen molar-refractivity contribution in [2.45, 2.75) is 54.4 Å². The van der Waals surface area contributed by atoms with Crippen LogP contribution in [0.2, 0.25) is 0 Å². The Kier molecular flexibility index (Phi) is 12.9. The SMILES string of the molecule is C=CC1=C(N=C(C)C)CCC=C1.CC.CC. The third-order valence-corrected chi connectivity index (χ3v) is 1.76. The van der Waals surface area contributed by atoms with E-state index in [1.165, 1.54) is 11.3 Å². The molecule has 1 heteroatoms. The molecule has 1 aliphatic rings. The van der Waals surface area contributed by atoms with Crippen LogP contribution in [0.1, 0.15) is 54.4 Å². The summed E-state index contributed by atoms with van der Waals surface area (Å²) in [6.07, 6.45) is 8.28. The Labute approximate surface area is 102 Å². The lowest BCUT2D eigenvalue weighted by Gasteiger charge is -2.09. The maximum Gasteiger partial charge on any atom is 0.0477 e. The average Bonchev–Trinajstić information content (AvgIpc) is 2.34. The first-order chi connectivity index (χ1) is 7.74. The predicted octanol–water partition coefficient (Wildman–Crippen LogP) is 5.31. The van der Waals surface area contributed by atoms with Crippen LogP contribution in [0.4, 0.5) is 0 Å². The number of nitrogens with zero attached hydrogens (tertiary/aromatic N) is 1. The molecule has 1 aliphatic carbocycles. The molecular formula is C15H27N. The number of hydrogen-bond acceptors (Lipinski definition) is 1. The molecule has 0 N–H and O–H groups in total. The highest BCUT2D eigenvalue weighted by Crippen LogP contribution is 2.20. The largest absolute Gasteiger partial charge is 0.262 e. The van der Waals surface area contributed by atoms with E-state index in [1.807, 2.05) is 47.6 Å². The summed E-state index contributed by atoms with van der Waals surface area (Å²) < 4.78 is 0. The second kappa shape index (κ2) is 12.0. The molecule has 0 saturated heterocycles. The van der Waals surface area contributed by atoms with E-state index in [-0.39, 0.29) is 0 Å². The molecule has 0 unspecified atom stereocenters. The molecule has 0 aromatic rings. The average molecular weight is 221 g/mol. The van der Waals surface area contributed by atoms with Gasteiger partial charge in [-0.15, -0.1) is 0 Å². The van der Waals surface area contributed by atoms with Crippen molar-refractivity contribution < 1.29 is 0 Å². The van der Waals surface area contributed by atoms with Crippen molar-refractivity contribution in [3.05, 3.63) is 36.1 Å². The van der Waals surface area contributed by atoms with Crippen LogP contribution in [0.3, 0.4) is 0 Å². The van der Waals surface area contributed by atoms with Gasteiger partial charge in [-0.3, -0.25) is 4.99 Å². The van der Waals surface area contributed by atoms with E-state index < -0.39 is 0 Å². The second-order valence-electron chi connectivity index (χ2n) is 3.11. The standard InChI is InChI=1S/C11H15N.2C2H6/c1-4-10-7-5-6-8-11(10)12-9(2)3;2*1-2/h4-5,7H,1,6,8H2,2-3H3;2*1-2H3. The highest BCUT2D eigenvalue weighted by Gasteiger charge is 2.03. The Morgan fingerprint density at radius 3 is 2.25 bits per heavy atom. The quantitative estimate of drug-likeness (QED) is 0.560. The fraction of sp³-hybridized carbons (Fsp3) is 0.533. The second-order valence-corrected chi connectivity index (χ2v) is 3.11. The summed E-state index contributed by atoms with van der Waals surface area (Å²) in [4.78, 5) is 4.46. The van der Waals surface area contributed by atoms with Crippen LogP contribution >= 0.6 is 0 Å². The summed E-state index contributed by atoms with van der Waals surface area (Å²) in [6.45, 7) is 15.8. The number of aliphatic imine (C=N–C) groups is 1. The fourth-order valence-electron chi connectivity index (χ4n) is 1.25. The zero-order valence-electron chi connectivity index (χ0n) is 11.8. The molecule has 0 aromatic heterocycles. The first kappa shape index (κ1) is 17.3. The summed E-state index contributed by atoms with van der Waals surface area (Å²) >= 11 is 0. The van der Waals surface area contributed by atoms with Crippen LogP contribution in [0.5, 0.6) is 0 Å². The van der Waals surface area contributed by atoms with Crippen molar-refractivity contribution in [1.82, 2.24) is 0 Å². The molecule has 0 saturated carbocycles. The highest BCUT2D eigenvalue weighted by molar-refractivity contribution is 5.80. The van der Waals surface area contributed by atoms with Gasteiger partial charge in [-0.25, -0.2) is 0 Å². The van der Waals surface area contributed by atoms with Crippen molar-refractivity contribution in [2.75, 3.05) is 0 Å². The van der Waals surface area contributed by atoms with Gasteiger partial charge in [0.05, 0.1) is 0 Å². The fourth-order valence-corrected chi connectivity index (χ4v) is 1.25. The van der Waals surface area contributed by atoms with Crippen LogP contribution in [0, 0.1) is 0 Å². The maximum absolute atomic E-state index is 4.46. The van der Waals surface area contributed by atoms with Crippen molar-refractivity contribution in [3.8, 4) is 0 Å². The molecule has 0 aliphatic heterocycles. The van der Waals surface area contributed by atoms with Crippen LogP contribution < -0.4 is 0 Å². The molecule has 0 spiro atoms. The highest BCUT2D eigenvalue weighted by atomic mass is 14.8. The summed E-state index contributed by atoms with van der Waals surface area (Å²) in [5.74, 6) is 0. The van der Waals surface area contributed by atoms with E-state index in [1.54, 1.807) is 0 Å². The van der Waals surface area contributed by atoms with Gasteiger partial charge >= 0.3 is 0 Å². The first-order valence-corrected chi connectivity index (χ1v) is 6.28. The van der Waals surface area contributed by atoms with Gasteiger partial charge in [-0.2, -0.15) is 0 Å². The Morgan fingerprint density at radius 1 is 1.25 bits per heavy atom. The monoisotopic (exact) mass is 221 g/mol. The molecule has 0 bridgehead atoms. The van der Waals surface area contributed by atoms with Gasteiger partial charge in [-0.05, 0) is 32.3 Å². The first-order valence-electron chi connectivity index (χ1n) is 6.28. The minimum absolute atomic E-state index is 1.04. The van der Waals surface area contributed by atoms with Crippen molar-refractivity contribution >= 4 is 5.71 Å². The van der Waals surface area contributed by atoms with Crippen LogP contribution in [0.25, 0.3) is 0 Å². The lowest BCUT2D eigenvalue weighted by molar-refractivity contribution is 0.930. The molecule has 1 nitrogen and oxygen atoms in total. The molecule has 0 amide bonds. The zero-order valence-corrected chi connectivity index (χ0v) is 11.8.